The zero-order valence-electron chi connectivity index (χ0n) is 9.38. The summed E-state index contributed by atoms with van der Waals surface area (Å²) >= 11 is 0. The van der Waals surface area contributed by atoms with E-state index >= 15 is 0 Å². The van der Waals surface area contributed by atoms with E-state index in [0.717, 1.165) is 12.8 Å². The molecule has 14 heavy (non-hydrogen) atoms. The molecule has 1 amide bonds. The van der Waals surface area contributed by atoms with E-state index in [1.54, 1.807) is 7.11 Å². The first kappa shape index (κ1) is 13.4. The Morgan fingerprint density at radius 3 is 2.71 bits per heavy atom. The number of hydrogen-bond donors (Lipinski definition) is 2. The minimum atomic E-state index is -0.387. The summed E-state index contributed by atoms with van der Waals surface area (Å²) in [7, 11) is 1.65. The maximum Gasteiger partial charge on any atom is 0.237 e. The lowest BCUT2D eigenvalue weighted by Crippen LogP contribution is -2.44. The summed E-state index contributed by atoms with van der Waals surface area (Å²) in [5.74, 6) is 0.174. The van der Waals surface area contributed by atoms with Gasteiger partial charge in [0, 0.05) is 20.3 Å². The number of carbonyl (C=O) groups excluding carboxylic acids is 1. The molecule has 0 aromatic carbocycles. The van der Waals surface area contributed by atoms with Gasteiger partial charge in [-0.05, 0) is 12.3 Å². The van der Waals surface area contributed by atoms with Crippen molar-refractivity contribution in [2.45, 2.75) is 32.7 Å². The number of nitrogens with two attached hydrogens (primary N) is 1. The van der Waals surface area contributed by atoms with Crippen LogP contribution in [0.15, 0.2) is 0 Å². The molecule has 0 aliphatic rings. The van der Waals surface area contributed by atoms with E-state index < -0.39 is 0 Å². The molecule has 0 aromatic heterocycles. The highest BCUT2D eigenvalue weighted by atomic mass is 16.5. The first-order valence-electron chi connectivity index (χ1n) is 5.15. The van der Waals surface area contributed by atoms with Gasteiger partial charge in [0.25, 0.3) is 0 Å². The molecule has 0 saturated carbocycles. The third-order valence-corrected chi connectivity index (χ3v) is 2.38. The fourth-order valence-electron chi connectivity index (χ4n) is 1.06. The van der Waals surface area contributed by atoms with E-state index in [-0.39, 0.29) is 17.9 Å². The Morgan fingerprint density at radius 2 is 2.21 bits per heavy atom. The standard InChI is InChI=1S/C10H22N2O2/c1-4-8(2)9(11)10(13)12-6-5-7-14-3/h8-9H,4-7,11H2,1-3H3,(H,12,13)/t8-,9+/m0/s1. The normalized spacial score (nSPS) is 14.9. The quantitative estimate of drug-likeness (QED) is 0.591. The lowest BCUT2D eigenvalue weighted by Gasteiger charge is -2.17. The first-order valence-corrected chi connectivity index (χ1v) is 5.15. The number of ether oxygens (including phenoxy) is 1. The zero-order chi connectivity index (χ0) is 11.0. The maximum atomic E-state index is 11.4. The molecule has 0 unspecified atom stereocenters. The van der Waals surface area contributed by atoms with Gasteiger partial charge >= 0.3 is 0 Å². The first-order chi connectivity index (χ1) is 6.63. The average Bonchev–Trinajstić information content (AvgIpc) is 2.21. The molecule has 4 heteroatoms. The van der Waals surface area contributed by atoms with Crippen LogP contribution in [0.25, 0.3) is 0 Å². The predicted molar refractivity (Wildman–Crippen MR) is 56.9 cm³/mol. The maximum absolute atomic E-state index is 11.4. The topological polar surface area (TPSA) is 64.4 Å². The Balaban J connectivity index is 3.62. The highest BCUT2D eigenvalue weighted by molar-refractivity contribution is 5.81. The van der Waals surface area contributed by atoms with Crippen molar-refractivity contribution in [3.8, 4) is 0 Å². The molecule has 2 atom stereocenters. The predicted octanol–water partition coefficient (Wildman–Crippen LogP) is 0.513. The van der Waals surface area contributed by atoms with Crippen LogP contribution in [0.1, 0.15) is 26.7 Å². The lowest BCUT2D eigenvalue weighted by molar-refractivity contribution is -0.123. The molecule has 0 spiro atoms. The van der Waals surface area contributed by atoms with Gasteiger partial charge in [-0.3, -0.25) is 4.79 Å². The summed E-state index contributed by atoms with van der Waals surface area (Å²) in [6.07, 6.45) is 1.75. The van der Waals surface area contributed by atoms with E-state index in [9.17, 15) is 4.79 Å². The van der Waals surface area contributed by atoms with Crippen LogP contribution in [-0.4, -0.2) is 32.2 Å². The number of carbonyl (C=O) groups is 1. The molecular weight excluding hydrogens is 180 g/mol. The van der Waals surface area contributed by atoms with Crippen molar-refractivity contribution in [2.24, 2.45) is 11.7 Å². The molecule has 84 valence electrons. The number of methoxy groups -OCH3 is 1. The number of nitrogens with one attached hydrogen (secondary N) is 1. The minimum absolute atomic E-state index is 0.0598. The van der Waals surface area contributed by atoms with Crippen molar-refractivity contribution < 1.29 is 9.53 Å². The Hall–Kier alpha value is -0.610. The van der Waals surface area contributed by atoms with E-state index in [4.69, 9.17) is 10.5 Å². The van der Waals surface area contributed by atoms with Crippen molar-refractivity contribution >= 4 is 5.91 Å². The fourth-order valence-corrected chi connectivity index (χ4v) is 1.06. The molecule has 0 saturated heterocycles. The Morgan fingerprint density at radius 1 is 1.57 bits per heavy atom. The van der Waals surface area contributed by atoms with Crippen molar-refractivity contribution in [1.82, 2.24) is 5.32 Å². The fraction of sp³-hybridized carbons (Fsp3) is 0.900. The molecule has 0 rings (SSSR count). The van der Waals surface area contributed by atoms with Gasteiger partial charge in [0.15, 0.2) is 0 Å². The molecule has 0 radical (unpaired) electrons. The third-order valence-electron chi connectivity index (χ3n) is 2.38. The van der Waals surface area contributed by atoms with Gasteiger partial charge in [-0.25, -0.2) is 0 Å². The molecule has 0 aromatic rings. The van der Waals surface area contributed by atoms with E-state index in [0.29, 0.717) is 13.2 Å². The Labute approximate surface area is 86.2 Å². The third kappa shape index (κ3) is 5.19. The van der Waals surface area contributed by atoms with Gasteiger partial charge in [-0.2, -0.15) is 0 Å². The van der Waals surface area contributed by atoms with Crippen molar-refractivity contribution in [2.75, 3.05) is 20.3 Å². The summed E-state index contributed by atoms with van der Waals surface area (Å²) in [6.45, 7) is 5.32. The molecule has 3 N–H and O–H groups in total. The molecule has 0 aliphatic carbocycles. The summed E-state index contributed by atoms with van der Waals surface area (Å²) < 4.78 is 4.87. The van der Waals surface area contributed by atoms with E-state index in [1.807, 2.05) is 13.8 Å². The minimum Gasteiger partial charge on any atom is -0.385 e. The Kier molecular flexibility index (Phi) is 7.42. The largest absolute Gasteiger partial charge is 0.385 e. The molecule has 0 heterocycles. The average molecular weight is 202 g/mol. The highest BCUT2D eigenvalue weighted by Gasteiger charge is 2.18. The van der Waals surface area contributed by atoms with Crippen LogP contribution in [0.2, 0.25) is 0 Å². The molecule has 0 fully saturated rings. The van der Waals surface area contributed by atoms with E-state index in [1.165, 1.54) is 0 Å². The molecular formula is C10H22N2O2. The zero-order valence-corrected chi connectivity index (χ0v) is 9.38. The van der Waals surface area contributed by atoms with Gasteiger partial charge in [0.2, 0.25) is 5.91 Å². The smallest absolute Gasteiger partial charge is 0.237 e. The number of rotatable bonds is 7. The molecule has 4 nitrogen and oxygen atoms in total. The van der Waals surface area contributed by atoms with Crippen LogP contribution in [0, 0.1) is 5.92 Å². The van der Waals surface area contributed by atoms with Crippen molar-refractivity contribution in [3.05, 3.63) is 0 Å². The summed E-state index contributed by atoms with van der Waals surface area (Å²) in [6, 6.07) is -0.387. The molecule has 0 bridgehead atoms. The second-order valence-electron chi connectivity index (χ2n) is 3.55. The summed E-state index contributed by atoms with van der Waals surface area (Å²) in [5, 5.41) is 2.79. The number of hydrogen-bond acceptors (Lipinski definition) is 3. The lowest BCUT2D eigenvalue weighted by atomic mass is 9.99. The van der Waals surface area contributed by atoms with Crippen LogP contribution in [0.4, 0.5) is 0 Å². The molecule has 0 aliphatic heterocycles. The monoisotopic (exact) mass is 202 g/mol. The van der Waals surface area contributed by atoms with Crippen LogP contribution in [0.3, 0.4) is 0 Å². The SMILES string of the molecule is CC[C@H](C)[C@@H](N)C(=O)NCCCOC. The van der Waals surface area contributed by atoms with Gasteiger partial charge in [0.1, 0.15) is 0 Å². The van der Waals surface area contributed by atoms with Gasteiger partial charge in [-0.15, -0.1) is 0 Å². The summed E-state index contributed by atoms with van der Waals surface area (Å²) in [4.78, 5) is 11.4. The van der Waals surface area contributed by atoms with Crippen molar-refractivity contribution in [3.63, 3.8) is 0 Å². The highest BCUT2D eigenvalue weighted by Crippen LogP contribution is 2.04. The van der Waals surface area contributed by atoms with Crippen LogP contribution >= 0.6 is 0 Å². The van der Waals surface area contributed by atoms with Crippen LogP contribution in [0.5, 0.6) is 0 Å². The van der Waals surface area contributed by atoms with Crippen LogP contribution < -0.4 is 11.1 Å². The summed E-state index contributed by atoms with van der Waals surface area (Å²) in [5.41, 5.74) is 5.74. The van der Waals surface area contributed by atoms with Crippen LogP contribution in [-0.2, 0) is 9.53 Å². The second-order valence-corrected chi connectivity index (χ2v) is 3.55. The van der Waals surface area contributed by atoms with Gasteiger partial charge in [-0.1, -0.05) is 20.3 Å². The Bertz CT molecular complexity index is 162. The van der Waals surface area contributed by atoms with Gasteiger partial charge in [0.05, 0.1) is 6.04 Å². The number of amides is 1. The van der Waals surface area contributed by atoms with Gasteiger partial charge < -0.3 is 15.8 Å². The van der Waals surface area contributed by atoms with Crippen molar-refractivity contribution in [1.29, 1.82) is 0 Å². The van der Waals surface area contributed by atoms with E-state index in [2.05, 4.69) is 5.32 Å². The second kappa shape index (κ2) is 7.76.